The van der Waals surface area contributed by atoms with Crippen LogP contribution in [0.2, 0.25) is 0 Å². The fraction of sp³-hybridized carbons (Fsp3) is 0.778. The van der Waals surface area contributed by atoms with Crippen LogP contribution < -0.4 is 10.4 Å². The maximum absolute atomic E-state index is 9.89. The van der Waals surface area contributed by atoms with Crippen molar-refractivity contribution in [2.45, 2.75) is 12.8 Å². The smallest absolute Gasteiger partial charge is 0.317 e. The number of nitrogens with one attached hydrogen (secondary N) is 1. The molecule has 0 aromatic carbocycles. The van der Waals surface area contributed by atoms with E-state index in [1.54, 1.807) is 21.1 Å². The molecule has 0 aliphatic rings. The summed E-state index contributed by atoms with van der Waals surface area (Å²) in [5, 5.41) is 36.7. The molecule has 0 atom stereocenters. The minimum atomic E-state index is -2.10. The van der Waals surface area contributed by atoms with Crippen LogP contribution in [0.3, 0.4) is 0 Å². The molecular formula is C9H20N2O6. The average molecular weight is 252 g/mol. The fourth-order valence-corrected chi connectivity index (χ4v) is 0.630. The predicted octanol–water partition coefficient (Wildman–Crippen LogP) is -3.24. The van der Waals surface area contributed by atoms with Gasteiger partial charge < -0.3 is 29.7 Å². The Hall–Kier alpha value is -1.22. The molecule has 0 saturated carbocycles. The van der Waals surface area contributed by atoms with E-state index < -0.39 is 24.4 Å². The summed E-state index contributed by atoms with van der Waals surface area (Å²) in [6, 6.07) is 0. The Labute approximate surface area is 99.7 Å². The van der Waals surface area contributed by atoms with E-state index in [0.717, 1.165) is 6.92 Å². The minimum absolute atomic E-state index is 0.0694. The highest BCUT2D eigenvalue weighted by atomic mass is 16.5. The molecule has 0 aliphatic carbocycles. The molecule has 0 amide bonds. The van der Waals surface area contributed by atoms with Gasteiger partial charge in [0, 0.05) is 6.92 Å². The number of rotatable bonds is 5. The molecule has 4 N–H and O–H groups in total. The number of carboxylic acid groups (broad SMARTS) is 2. The summed E-state index contributed by atoms with van der Waals surface area (Å²) in [6.45, 7) is 0.638. The summed E-state index contributed by atoms with van der Waals surface area (Å²) in [4.78, 5) is 19.6. The molecule has 0 bridgehead atoms. The monoisotopic (exact) mass is 252 g/mol. The second-order valence-electron chi connectivity index (χ2n) is 4.59. The average Bonchev–Trinajstić information content (AvgIpc) is 1.95. The number of likely N-dealkylation sites (N-methyl/N-ethyl adjacent to an activating group) is 1. The van der Waals surface area contributed by atoms with Gasteiger partial charge in [-0.3, -0.25) is 10.1 Å². The summed E-state index contributed by atoms with van der Waals surface area (Å²) in [5.74, 6) is -4.24. The summed E-state index contributed by atoms with van der Waals surface area (Å²) >= 11 is 0. The van der Waals surface area contributed by atoms with Crippen molar-refractivity contribution in [3.05, 3.63) is 0 Å². The normalized spacial score (nSPS) is 11.4. The van der Waals surface area contributed by atoms with Crippen LogP contribution in [0.1, 0.15) is 6.92 Å². The van der Waals surface area contributed by atoms with Crippen LogP contribution in [0, 0.1) is 0 Å². The van der Waals surface area contributed by atoms with Crippen LogP contribution in [0.25, 0.3) is 0 Å². The highest BCUT2D eigenvalue weighted by molar-refractivity contribution is 5.69. The van der Waals surface area contributed by atoms with Gasteiger partial charge in [-0.2, -0.15) is 0 Å². The predicted molar refractivity (Wildman–Crippen MR) is 56.4 cm³/mol. The molecule has 8 heteroatoms. The number of hydrogen-bond donors (Lipinski definition) is 4. The number of aliphatic hydroxyl groups is 2. The second-order valence-corrected chi connectivity index (χ2v) is 4.59. The fourth-order valence-electron chi connectivity index (χ4n) is 0.630. The first-order valence-corrected chi connectivity index (χ1v) is 4.75. The third-order valence-corrected chi connectivity index (χ3v) is 1.18. The maximum atomic E-state index is 9.89. The highest BCUT2D eigenvalue weighted by Gasteiger charge is 2.14. The molecule has 0 fully saturated rings. The van der Waals surface area contributed by atoms with Crippen molar-refractivity contribution < 1.29 is 34.5 Å². The molecule has 17 heavy (non-hydrogen) atoms. The van der Waals surface area contributed by atoms with Crippen LogP contribution in [-0.4, -0.2) is 71.9 Å². The van der Waals surface area contributed by atoms with E-state index in [1.165, 1.54) is 0 Å². The van der Waals surface area contributed by atoms with Crippen LogP contribution in [-0.2, 0) is 9.59 Å². The van der Waals surface area contributed by atoms with Gasteiger partial charge in [0.25, 0.3) is 0 Å². The van der Waals surface area contributed by atoms with E-state index in [4.69, 9.17) is 15.3 Å². The largest absolute Gasteiger partial charge is 0.544 e. The number of carbonyl (C=O) groups excluding carboxylic acids is 1. The Morgan fingerprint density at radius 1 is 1.29 bits per heavy atom. The maximum Gasteiger partial charge on any atom is 0.317 e. The van der Waals surface area contributed by atoms with Gasteiger partial charge in [-0.05, 0) is 0 Å². The lowest BCUT2D eigenvalue weighted by Crippen LogP contribution is -2.45. The van der Waals surface area contributed by atoms with Crippen molar-refractivity contribution in [2.75, 3.05) is 34.2 Å². The molecule has 0 rings (SSSR count). The first kappa shape index (κ1) is 18.2. The van der Waals surface area contributed by atoms with Gasteiger partial charge in [-0.1, -0.05) is 0 Å². The van der Waals surface area contributed by atoms with Gasteiger partial charge >= 0.3 is 5.97 Å². The van der Waals surface area contributed by atoms with Crippen molar-refractivity contribution in [3.8, 4) is 0 Å². The first-order valence-electron chi connectivity index (χ1n) is 4.75. The summed E-state index contributed by atoms with van der Waals surface area (Å²) < 4.78 is 0.419. The zero-order chi connectivity index (χ0) is 14.3. The molecule has 0 spiro atoms. The molecule has 0 saturated heterocycles. The number of quaternary nitrogens is 1. The van der Waals surface area contributed by atoms with E-state index in [1.807, 2.05) is 5.32 Å². The SMILES string of the molecule is CC(O)(O)NCC(=O)O.C[N+](C)(C)CC(=O)[O-]. The lowest BCUT2D eigenvalue weighted by Gasteiger charge is -2.23. The van der Waals surface area contributed by atoms with E-state index in [0.29, 0.717) is 4.48 Å². The van der Waals surface area contributed by atoms with Gasteiger partial charge in [0.05, 0.1) is 33.7 Å². The Morgan fingerprint density at radius 2 is 1.71 bits per heavy atom. The molecule has 0 unspecified atom stereocenters. The molecule has 0 radical (unpaired) electrons. The molecule has 102 valence electrons. The van der Waals surface area contributed by atoms with E-state index in [9.17, 15) is 14.7 Å². The van der Waals surface area contributed by atoms with Crippen LogP contribution in [0.4, 0.5) is 0 Å². The lowest BCUT2D eigenvalue weighted by atomic mass is 10.5. The van der Waals surface area contributed by atoms with E-state index in [2.05, 4.69) is 0 Å². The van der Waals surface area contributed by atoms with Crippen molar-refractivity contribution in [2.24, 2.45) is 0 Å². The Morgan fingerprint density at radius 3 is 1.76 bits per heavy atom. The van der Waals surface area contributed by atoms with Gasteiger partial charge in [0.15, 0.2) is 0 Å². The Bertz CT molecular complexity index is 253. The summed E-state index contributed by atoms with van der Waals surface area (Å²) in [5.41, 5.74) is 0. The second kappa shape index (κ2) is 7.17. The van der Waals surface area contributed by atoms with Crippen LogP contribution in [0.15, 0.2) is 0 Å². The number of nitrogens with zero attached hydrogens (tertiary/aromatic N) is 1. The zero-order valence-electron chi connectivity index (χ0n) is 10.4. The van der Waals surface area contributed by atoms with Gasteiger partial charge in [0.2, 0.25) is 5.91 Å². The van der Waals surface area contributed by atoms with Crippen molar-refractivity contribution in [1.29, 1.82) is 0 Å². The Balaban J connectivity index is 0. The molecular weight excluding hydrogens is 232 g/mol. The molecule has 0 aliphatic heterocycles. The Kier molecular flexibility index (Phi) is 7.66. The number of carbonyl (C=O) groups is 2. The third kappa shape index (κ3) is 25.2. The highest BCUT2D eigenvalue weighted by Crippen LogP contribution is 1.86. The molecule has 0 aromatic heterocycles. The first-order chi connectivity index (χ1) is 7.33. The molecule has 8 nitrogen and oxygen atoms in total. The van der Waals surface area contributed by atoms with Crippen LogP contribution in [0.5, 0.6) is 0 Å². The lowest BCUT2D eigenvalue weighted by molar-refractivity contribution is -0.864. The van der Waals surface area contributed by atoms with E-state index >= 15 is 0 Å². The van der Waals surface area contributed by atoms with E-state index in [-0.39, 0.29) is 6.54 Å². The summed E-state index contributed by atoms with van der Waals surface area (Å²) in [6.07, 6.45) is 0. The van der Waals surface area contributed by atoms with Crippen molar-refractivity contribution in [3.63, 3.8) is 0 Å². The van der Waals surface area contributed by atoms with Gasteiger partial charge in [-0.15, -0.1) is 0 Å². The van der Waals surface area contributed by atoms with Crippen molar-refractivity contribution >= 4 is 11.9 Å². The minimum Gasteiger partial charge on any atom is -0.544 e. The van der Waals surface area contributed by atoms with Crippen molar-refractivity contribution in [1.82, 2.24) is 5.32 Å². The molecule has 0 aromatic rings. The number of hydrogen-bond acceptors (Lipinski definition) is 6. The van der Waals surface area contributed by atoms with Gasteiger partial charge in [0.1, 0.15) is 6.54 Å². The quantitative estimate of drug-likeness (QED) is 0.299. The number of carboxylic acids is 2. The third-order valence-electron chi connectivity index (χ3n) is 1.18. The van der Waals surface area contributed by atoms with Gasteiger partial charge in [-0.25, -0.2) is 0 Å². The zero-order valence-corrected chi connectivity index (χ0v) is 10.4. The van der Waals surface area contributed by atoms with Crippen LogP contribution >= 0.6 is 0 Å². The molecule has 0 heterocycles. The standard InChI is InChI=1S/C5H11NO2.C4H9NO4/c1-6(2,3)4-5(7)8;1-4(8,9)5-2-3(6)7/h4H2,1-3H3;5,8-9H,2H2,1H3,(H,6,7). The topological polar surface area (TPSA) is 130 Å². The summed E-state index contributed by atoms with van der Waals surface area (Å²) in [7, 11) is 5.40. The number of aliphatic carboxylic acids is 2.